The van der Waals surface area contributed by atoms with Crippen LogP contribution in [0, 0.1) is 6.92 Å². The smallest absolute Gasteiger partial charge is 0.196 e. The first kappa shape index (κ1) is 11.2. The van der Waals surface area contributed by atoms with E-state index in [0.29, 0.717) is 11.0 Å². The number of hydrogen-bond acceptors (Lipinski definition) is 3. The quantitative estimate of drug-likeness (QED) is 0.605. The molecule has 16 heavy (non-hydrogen) atoms. The van der Waals surface area contributed by atoms with E-state index in [9.17, 15) is 4.79 Å². The summed E-state index contributed by atoms with van der Waals surface area (Å²) >= 11 is 7.06. The number of aryl methyl sites for hydroxylation is 1. The van der Waals surface area contributed by atoms with Crippen LogP contribution >= 0.6 is 22.9 Å². The largest absolute Gasteiger partial charge is 0.445 e. The molecule has 0 bridgehead atoms. The molecule has 0 aliphatic carbocycles. The highest BCUT2D eigenvalue weighted by Gasteiger charge is 2.06. The van der Waals surface area contributed by atoms with Crippen molar-refractivity contribution in [2.45, 2.75) is 6.92 Å². The molecule has 2 rings (SSSR count). The van der Waals surface area contributed by atoms with Crippen LogP contribution in [0.15, 0.2) is 34.1 Å². The van der Waals surface area contributed by atoms with Crippen LogP contribution in [-0.4, -0.2) is 5.78 Å². The van der Waals surface area contributed by atoms with Crippen LogP contribution in [0.4, 0.5) is 0 Å². The SMILES string of the molecule is Cc1ccsc1C(=O)C=Cc1ccc(Cl)o1. The fraction of sp³-hybridized carbons (Fsp3) is 0.0833. The minimum atomic E-state index is -0.0139. The summed E-state index contributed by atoms with van der Waals surface area (Å²) in [5.41, 5.74) is 0.997. The van der Waals surface area contributed by atoms with Gasteiger partial charge in [0, 0.05) is 0 Å². The second-order valence-corrected chi connectivity index (χ2v) is 4.56. The third-order valence-corrected chi connectivity index (χ3v) is 3.31. The van der Waals surface area contributed by atoms with Crippen LogP contribution in [0.5, 0.6) is 0 Å². The van der Waals surface area contributed by atoms with Crippen molar-refractivity contribution in [3.63, 3.8) is 0 Å². The van der Waals surface area contributed by atoms with Gasteiger partial charge in [-0.1, -0.05) is 0 Å². The lowest BCUT2D eigenvalue weighted by Gasteiger charge is -1.91. The molecule has 0 saturated heterocycles. The van der Waals surface area contributed by atoms with E-state index in [4.69, 9.17) is 16.0 Å². The third kappa shape index (κ3) is 2.43. The van der Waals surface area contributed by atoms with Crippen LogP contribution in [0.25, 0.3) is 6.08 Å². The Labute approximate surface area is 102 Å². The van der Waals surface area contributed by atoms with E-state index < -0.39 is 0 Å². The lowest BCUT2D eigenvalue weighted by atomic mass is 10.2. The van der Waals surface area contributed by atoms with Crippen molar-refractivity contribution < 1.29 is 9.21 Å². The van der Waals surface area contributed by atoms with Crippen LogP contribution < -0.4 is 0 Å². The molecular formula is C12H9ClO2S. The second-order valence-electron chi connectivity index (χ2n) is 3.27. The highest BCUT2D eigenvalue weighted by molar-refractivity contribution is 7.12. The number of rotatable bonds is 3. The first-order valence-corrected chi connectivity index (χ1v) is 5.94. The highest BCUT2D eigenvalue weighted by Crippen LogP contribution is 2.18. The molecular weight excluding hydrogens is 244 g/mol. The summed E-state index contributed by atoms with van der Waals surface area (Å²) in [5, 5.41) is 2.22. The van der Waals surface area contributed by atoms with Gasteiger partial charge in [-0.25, -0.2) is 0 Å². The Kier molecular flexibility index (Phi) is 3.27. The standard InChI is InChI=1S/C12H9ClO2S/c1-8-6-7-16-12(8)10(14)4-2-9-3-5-11(13)15-9/h2-7H,1H3. The lowest BCUT2D eigenvalue weighted by molar-refractivity contribution is 0.105. The molecule has 0 fully saturated rings. The molecule has 0 radical (unpaired) electrons. The highest BCUT2D eigenvalue weighted by atomic mass is 35.5. The minimum Gasteiger partial charge on any atom is -0.445 e. The summed E-state index contributed by atoms with van der Waals surface area (Å²) in [7, 11) is 0. The molecule has 82 valence electrons. The van der Waals surface area contributed by atoms with E-state index in [1.807, 2.05) is 18.4 Å². The van der Waals surface area contributed by atoms with E-state index in [1.54, 1.807) is 18.2 Å². The zero-order valence-corrected chi connectivity index (χ0v) is 10.1. The van der Waals surface area contributed by atoms with Gasteiger partial charge in [-0.2, -0.15) is 0 Å². The Morgan fingerprint density at radius 3 is 2.81 bits per heavy atom. The topological polar surface area (TPSA) is 30.2 Å². The molecule has 2 aromatic heterocycles. The maximum absolute atomic E-state index is 11.8. The molecule has 0 saturated carbocycles. The molecule has 0 aromatic carbocycles. The summed E-state index contributed by atoms with van der Waals surface area (Å²) in [6.45, 7) is 1.92. The van der Waals surface area contributed by atoms with Gasteiger partial charge in [-0.3, -0.25) is 4.79 Å². The molecule has 0 unspecified atom stereocenters. The minimum absolute atomic E-state index is 0.0139. The number of halogens is 1. The zero-order chi connectivity index (χ0) is 11.5. The zero-order valence-electron chi connectivity index (χ0n) is 8.57. The first-order valence-electron chi connectivity index (χ1n) is 4.68. The molecule has 0 N–H and O–H groups in total. The Balaban J connectivity index is 2.14. The number of hydrogen-bond donors (Lipinski definition) is 0. The molecule has 2 aromatic rings. The van der Waals surface area contributed by atoms with E-state index in [0.717, 1.165) is 10.4 Å². The number of carbonyl (C=O) groups excluding carboxylic acids is 1. The van der Waals surface area contributed by atoms with Gasteiger partial charge in [-0.15, -0.1) is 11.3 Å². The first-order chi connectivity index (χ1) is 7.66. The number of ketones is 1. The molecule has 4 heteroatoms. The molecule has 2 nitrogen and oxygen atoms in total. The molecule has 0 amide bonds. The Morgan fingerprint density at radius 2 is 2.25 bits per heavy atom. The van der Waals surface area contributed by atoms with E-state index in [2.05, 4.69) is 0 Å². The monoisotopic (exact) mass is 252 g/mol. The molecule has 0 atom stereocenters. The van der Waals surface area contributed by atoms with Gasteiger partial charge in [0.15, 0.2) is 11.0 Å². The van der Waals surface area contributed by atoms with Crippen LogP contribution in [0.3, 0.4) is 0 Å². The van der Waals surface area contributed by atoms with Gasteiger partial charge in [0.05, 0.1) is 4.88 Å². The van der Waals surface area contributed by atoms with Crippen molar-refractivity contribution in [2.24, 2.45) is 0 Å². The number of carbonyl (C=O) groups is 1. The van der Waals surface area contributed by atoms with E-state index in [1.165, 1.54) is 17.4 Å². The number of furan rings is 1. The molecule has 2 heterocycles. The van der Waals surface area contributed by atoms with Gasteiger partial charge in [0.1, 0.15) is 5.76 Å². The Morgan fingerprint density at radius 1 is 1.44 bits per heavy atom. The molecule has 0 aliphatic heterocycles. The van der Waals surface area contributed by atoms with Crippen molar-refractivity contribution in [2.75, 3.05) is 0 Å². The fourth-order valence-corrected chi connectivity index (χ4v) is 2.27. The maximum Gasteiger partial charge on any atom is 0.196 e. The average molecular weight is 253 g/mol. The summed E-state index contributed by atoms with van der Waals surface area (Å²) < 4.78 is 5.11. The molecule has 0 aliphatic rings. The summed E-state index contributed by atoms with van der Waals surface area (Å²) in [5.74, 6) is 0.563. The van der Waals surface area contributed by atoms with Crippen molar-refractivity contribution >= 4 is 34.8 Å². The normalized spacial score (nSPS) is 11.1. The summed E-state index contributed by atoms with van der Waals surface area (Å²) in [6, 6.07) is 5.28. The molecule has 0 spiro atoms. The summed E-state index contributed by atoms with van der Waals surface area (Å²) in [6.07, 6.45) is 3.11. The number of thiophene rings is 1. The van der Waals surface area contributed by atoms with Crippen LogP contribution in [0.1, 0.15) is 21.0 Å². The van der Waals surface area contributed by atoms with Gasteiger partial charge < -0.3 is 4.42 Å². The average Bonchev–Trinajstić information content (AvgIpc) is 2.84. The fourth-order valence-electron chi connectivity index (χ4n) is 1.28. The van der Waals surface area contributed by atoms with E-state index in [-0.39, 0.29) is 5.78 Å². The second kappa shape index (κ2) is 4.68. The van der Waals surface area contributed by atoms with Crippen LogP contribution in [0.2, 0.25) is 5.22 Å². The number of allylic oxidation sites excluding steroid dienone is 1. The maximum atomic E-state index is 11.8. The van der Waals surface area contributed by atoms with Gasteiger partial charge in [0.25, 0.3) is 0 Å². The van der Waals surface area contributed by atoms with Gasteiger partial charge in [-0.05, 0) is 59.8 Å². The van der Waals surface area contributed by atoms with Crippen LogP contribution in [-0.2, 0) is 0 Å². The predicted molar refractivity (Wildman–Crippen MR) is 66.1 cm³/mol. The van der Waals surface area contributed by atoms with Gasteiger partial charge >= 0.3 is 0 Å². The lowest BCUT2D eigenvalue weighted by Crippen LogP contribution is -1.91. The Bertz CT molecular complexity index is 537. The van der Waals surface area contributed by atoms with Crippen molar-refractivity contribution in [3.05, 3.63) is 51.1 Å². The van der Waals surface area contributed by atoms with Crippen molar-refractivity contribution in [1.82, 2.24) is 0 Å². The van der Waals surface area contributed by atoms with Crippen molar-refractivity contribution in [1.29, 1.82) is 0 Å². The third-order valence-electron chi connectivity index (χ3n) is 2.08. The Hall–Kier alpha value is -1.32. The summed E-state index contributed by atoms with van der Waals surface area (Å²) in [4.78, 5) is 12.5. The van der Waals surface area contributed by atoms with Gasteiger partial charge in [0.2, 0.25) is 0 Å². The van der Waals surface area contributed by atoms with Crippen molar-refractivity contribution in [3.8, 4) is 0 Å². The van der Waals surface area contributed by atoms with E-state index >= 15 is 0 Å². The predicted octanol–water partition coefficient (Wildman–Crippen LogP) is 4.20.